The second kappa shape index (κ2) is 14.2. The van der Waals surface area contributed by atoms with E-state index >= 15 is 0 Å². The number of amides is 3. The summed E-state index contributed by atoms with van der Waals surface area (Å²) in [5.74, 6) is -0.287. The molecule has 7 nitrogen and oxygen atoms in total. The maximum Gasteiger partial charge on any atom is 0.245 e. The SMILES string of the molecule is CC(C)(C)NC(=O)C1(C2CCCCC2)CCN(C(=O)[C@@H](Cc2ccc(Cl)cc2)NC(=O)C2Cc3ccccc3C2N)CC1.Cl. The number of carbonyl (C=O) groups excluding carboxylic acids is 3. The van der Waals surface area contributed by atoms with Gasteiger partial charge in [-0.05, 0) is 87.6 Å². The van der Waals surface area contributed by atoms with Gasteiger partial charge in [0.15, 0.2) is 0 Å². The van der Waals surface area contributed by atoms with E-state index in [9.17, 15) is 14.4 Å². The molecule has 1 aliphatic heterocycles. The first kappa shape index (κ1) is 34.3. The molecule has 5 rings (SSSR count). The second-order valence-electron chi connectivity index (χ2n) is 13.9. The highest BCUT2D eigenvalue weighted by atomic mass is 35.5. The van der Waals surface area contributed by atoms with E-state index in [1.165, 1.54) is 6.42 Å². The fourth-order valence-corrected chi connectivity index (χ4v) is 7.63. The molecule has 2 aromatic rings. The van der Waals surface area contributed by atoms with Crippen molar-refractivity contribution in [3.63, 3.8) is 0 Å². The Morgan fingerprint density at radius 3 is 2.25 bits per heavy atom. The van der Waals surface area contributed by atoms with E-state index in [4.69, 9.17) is 17.3 Å². The van der Waals surface area contributed by atoms with Crippen molar-refractivity contribution in [3.05, 3.63) is 70.2 Å². The minimum atomic E-state index is -0.741. The summed E-state index contributed by atoms with van der Waals surface area (Å²) >= 11 is 6.13. The molecule has 2 aliphatic carbocycles. The van der Waals surface area contributed by atoms with Crippen molar-refractivity contribution < 1.29 is 14.4 Å². The van der Waals surface area contributed by atoms with Crippen molar-refractivity contribution in [2.24, 2.45) is 23.0 Å². The second-order valence-corrected chi connectivity index (χ2v) is 14.4. The summed E-state index contributed by atoms with van der Waals surface area (Å²) in [6.07, 6.45) is 7.83. The maximum absolute atomic E-state index is 14.2. The van der Waals surface area contributed by atoms with Gasteiger partial charge in [-0.2, -0.15) is 0 Å². The third-order valence-corrected chi connectivity index (χ3v) is 10.1. The first-order valence-electron chi connectivity index (χ1n) is 16.0. The Labute approximate surface area is 273 Å². The van der Waals surface area contributed by atoms with Crippen LogP contribution >= 0.6 is 24.0 Å². The van der Waals surface area contributed by atoms with Crippen LogP contribution < -0.4 is 16.4 Å². The summed E-state index contributed by atoms with van der Waals surface area (Å²) < 4.78 is 0. The Bertz CT molecular complexity index is 1310. The van der Waals surface area contributed by atoms with Crippen LogP contribution in [0.5, 0.6) is 0 Å². The number of piperidine rings is 1. The Morgan fingerprint density at radius 1 is 1.00 bits per heavy atom. The lowest BCUT2D eigenvalue weighted by atomic mass is 9.63. The highest BCUT2D eigenvalue weighted by Gasteiger charge is 2.49. The van der Waals surface area contributed by atoms with Crippen molar-refractivity contribution in [1.82, 2.24) is 15.5 Å². The maximum atomic E-state index is 14.2. The largest absolute Gasteiger partial charge is 0.351 e. The summed E-state index contributed by atoms with van der Waals surface area (Å²) in [6.45, 7) is 7.06. The number of nitrogens with two attached hydrogens (primary N) is 1. The van der Waals surface area contributed by atoms with E-state index in [-0.39, 0.29) is 35.7 Å². The number of carbonyl (C=O) groups is 3. The smallest absolute Gasteiger partial charge is 0.245 e. The van der Waals surface area contributed by atoms with E-state index in [0.29, 0.717) is 49.7 Å². The lowest BCUT2D eigenvalue weighted by Crippen LogP contribution is -2.59. The zero-order valence-corrected chi connectivity index (χ0v) is 27.8. The standard InChI is InChI=1S/C35H47ClN4O3.ClH/c1-34(2,3)39-33(43)35(25-10-5-4-6-11-25)17-19-40(20-18-35)32(42)29(21-23-13-15-26(36)16-14-23)38-31(41)28-22-24-9-7-8-12-27(24)30(28)37;/h7-9,12-16,25,28-30H,4-6,10-11,17-22,37H2,1-3H3,(H,38,41)(H,39,43);1H/t28?,29-,30?;/m1./s1. The van der Waals surface area contributed by atoms with Crippen LogP contribution in [0.15, 0.2) is 48.5 Å². The summed E-state index contributed by atoms with van der Waals surface area (Å²) in [4.78, 5) is 43.5. The van der Waals surface area contributed by atoms with Gasteiger partial charge in [0.25, 0.3) is 0 Å². The van der Waals surface area contributed by atoms with Crippen LogP contribution in [0, 0.1) is 17.3 Å². The number of benzene rings is 2. The van der Waals surface area contributed by atoms with Crippen LogP contribution in [0.3, 0.4) is 0 Å². The average molecular weight is 644 g/mol. The molecule has 1 saturated heterocycles. The number of fused-ring (bicyclic) bond motifs is 1. The monoisotopic (exact) mass is 642 g/mol. The molecule has 0 spiro atoms. The fraction of sp³-hybridized carbons (Fsp3) is 0.571. The first-order chi connectivity index (χ1) is 20.5. The van der Waals surface area contributed by atoms with Crippen LogP contribution in [0.2, 0.25) is 5.02 Å². The van der Waals surface area contributed by atoms with Gasteiger partial charge in [0.05, 0.1) is 11.3 Å². The third kappa shape index (κ3) is 7.60. The van der Waals surface area contributed by atoms with E-state index in [1.807, 2.05) is 62.1 Å². The van der Waals surface area contributed by atoms with Crippen molar-refractivity contribution in [1.29, 1.82) is 0 Å². The Balaban J connectivity index is 0.00000442. The van der Waals surface area contributed by atoms with Crippen molar-refractivity contribution in [3.8, 4) is 0 Å². The molecule has 2 unspecified atom stereocenters. The van der Waals surface area contributed by atoms with Gasteiger partial charge in [0.2, 0.25) is 17.7 Å². The highest BCUT2D eigenvalue weighted by molar-refractivity contribution is 6.30. The topological polar surface area (TPSA) is 105 Å². The number of likely N-dealkylation sites (tertiary alicyclic amines) is 1. The van der Waals surface area contributed by atoms with Gasteiger partial charge >= 0.3 is 0 Å². The van der Waals surface area contributed by atoms with E-state index < -0.39 is 23.4 Å². The lowest BCUT2D eigenvalue weighted by Gasteiger charge is -2.48. The van der Waals surface area contributed by atoms with E-state index in [2.05, 4.69) is 10.6 Å². The molecule has 1 heterocycles. The van der Waals surface area contributed by atoms with Crippen LogP contribution in [-0.2, 0) is 27.2 Å². The number of rotatable bonds is 7. The quantitative estimate of drug-likeness (QED) is 0.357. The highest BCUT2D eigenvalue weighted by Crippen LogP contribution is 2.46. The minimum absolute atomic E-state index is 0. The number of hydrogen-bond donors (Lipinski definition) is 3. The van der Waals surface area contributed by atoms with Crippen LogP contribution in [-0.4, -0.2) is 47.3 Å². The van der Waals surface area contributed by atoms with E-state index in [1.54, 1.807) is 12.1 Å². The Morgan fingerprint density at radius 2 is 1.64 bits per heavy atom. The van der Waals surface area contributed by atoms with Gasteiger partial charge in [-0.1, -0.05) is 67.3 Å². The van der Waals surface area contributed by atoms with Gasteiger partial charge < -0.3 is 21.3 Å². The zero-order valence-electron chi connectivity index (χ0n) is 26.2. The van der Waals surface area contributed by atoms with Crippen LogP contribution in [0.4, 0.5) is 0 Å². The first-order valence-corrected chi connectivity index (χ1v) is 16.3. The lowest BCUT2D eigenvalue weighted by molar-refractivity contribution is -0.147. The van der Waals surface area contributed by atoms with Crippen molar-refractivity contribution >= 4 is 41.7 Å². The van der Waals surface area contributed by atoms with Crippen molar-refractivity contribution in [2.45, 2.75) is 96.2 Å². The summed E-state index contributed by atoms with van der Waals surface area (Å²) in [7, 11) is 0. The molecule has 1 saturated carbocycles. The predicted molar refractivity (Wildman–Crippen MR) is 178 cm³/mol. The van der Waals surface area contributed by atoms with Crippen LogP contribution in [0.1, 0.15) is 88.4 Å². The molecule has 9 heteroatoms. The molecule has 3 aliphatic rings. The number of hydrogen-bond acceptors (Lipinski definition) is 4. The zero-order chi connectivity index (χ0) is 30.8. The Kier molecular flexibility index (Phi) is 11.1. The molecule has 240 valence electrons. The van der Waals surface area contributed by atoms with Gasteiger partial charge in [-0.25, -0.2) is 0 Å². The molecule has 0 aromatic heterocycles. The molecule has 2 aromatic carbocycles. The molecule has 44 heavy (non-hydrogen) atoms. The molecule has 2 fully saturated rings. The third-order valence-electron chi connectivity index (χ3n) is 9.89. The molecule has 4 N–H and O–H groups in total. The van der Waals surface area contributed by atoms with Gasteiger partial charge in [-0.3, -0.25) is 14.4 Å². The molecule has 3 atom stereocenters. The van der Waals surface area contributed by atoms with E-state index in [0.717, 1.165) is 42.4 Å². The van der Waals surface area contributed by atoms with Gasteiger partial charge in [0, 0.05) is 36.1 Å². The fourth-order valence-electron chi connectivity index (χ4n) is 7.50. The summed E-state index contributed by atoms with van der Waals surface area (Å²) in [5.41, 5.74) is 8.72. The normalized spacial score (nSPS) is 22.3. The Hall–Kier alpha value is -2.61. The van der Waals surface area contributed by atoms with Gasteiger partial charge in [-0.15, -0.1) is 12.4 Å². The number of nitrogens with zero attached hydrogens (tertiary/aromatic N) is 1. The molecule has 0 bridgehead atoms. The summed E-state index contributed by atoms with van der Waals surface area (Å²) in [5, 5.41) is 7.00. The summed E-state index contributed by atoms with van der Waals surface area (Å²) in [6, 6.07) is 14.1. The van der Waals surface area contributed by atoms with Crippen LogP contribution in [0.25, 0.3) is 0 Å². The number of halogens is 2. The minimum Gasteiger partial charge on any atom is -0.351 e. The number of nitrogens with one attached hydrogen (secondary N) is 2. The average Bonchev–Trinajstić information content (AvgIpc) is 3.33. The van der Waals surface area contributed by atoms with Gasteiger partial charge in [0.1, 0.15) is 6.04 Å². The predicted octanol–water partition coefficient (Wildman–Crippen LogP) is 5.77. The van der Waals surface area contributed by atoms with Crippen molar-refractivity contribution in [2.75, 3.05) is 13.1 Å². The molecular formula is C35H48Cl2N4O3. The molecule has 3 amide bonds. The molecule has 0 radical (unpaired) electrons. The molecular weight excluding hydrogens is 595 g/mol.